The van der Waals surface area contributed by atoms with Crippen molar-refractivity contribution in [1.29, 1.82) is 0 Å². The number of phosphoric ester groups is 2. The fraction of sp³-hybridized carbons (Fsp3) is 0.950. The summed E-state index contributed by atoms with van der Waals surface area (Å²) < 4.78 is 68.7. The summed E-state index contributed by atoms with van der Waals surface area (Å²) in [5.41, 5.74) is 0. The molecule has 0 rings (SSSR count). The Hall–Kier alpha value is -1.94. The van der Waals surface area contributed by atoms with Crippen LogP contribution in [0.3, 0.4) is 0 Å². The molecule has 0 fully saturated rings. The maximum Gasteiger partial charge on any atom is 0.472 e. The molecule has 0 aliphatic carbocycles. The minimum Gasteiger partial charge on any atom is -0.462 e. The first-order valence-corrected chi connectivity index (χ1v) is 44.5. The van der Waals surface area contributed by atoms with Crippen molar-refractivity contribution in [2.45, 2.75) is 439 Å². The number of unbranched alkanes of at least 4 members (excludes halogenated alkanes) is 49. The molecule has 0 aliphatic heterocycles. The molecular weight excluding hydrogens is 1290 g/mol. The number of aliphatic hydroxyl groups excluding tert-OH is 1. The van der Waals surface area contributed by atoms with Crippen LogP contribution in [-0.4, -0.2) is 96.7 Å². The van der Waals surface area contributed by atoms with Crippen molar-refractivity contribution in [1.82, 2.24) is 0 Å². The Kier molecular flexibility index (Phi) is 70.3. The highest BCUT2D eigenvalue weighted by molar-refractivity contribution is 7.47. The van der Waals surface area contributed by atoms with Gasteiger partial charge in [0.2, 0.25) is 0 Å². The van der Waals surface area contributed by atoms with Crippen molar-refractivity contribution in [3.8, 4) is 0 Å². The third-order valence-corrected chi connectivity index (χ3v) is 20.6. The third-order valence-electron chi connectivity index (χ3n) is 18.7. The summed E-state index contributed by atoms with van der Waals surface area (Å²) in [6, 6.07) is 0. The van der Waals surface area contributed by atoms with Crippen LogP contribution in [0, 0.1) is 11.8 Å². The van der Waals surface area contributed by atoms with E-state index in [1.54, 1.807) is 0 Å². The molecule has 5 atom stereocenters. The summed E-state index contributed by atoms with van der Waals surface area (Å²) in [7, 11) is -9.92. The largest absolute Gasteiger partial charge is 0.472 e. The molecule has 0 bridgehead atoms. The predicted octanol–water partition coefficient (Wildman–Crippen LogP) is 23.9. The summed E-state index contributed by atoms with van der Waals surface area (Å²) in [6.45, 7) is 9.56. The van der Waals surface area contributed by atoms with Crippen molar-refractivity contribution in [2.75, 3.05) is 39.6 Å². The van der Waals surface area contributed by atoms with E-state index in [2.05, 4.69) is 41.5 Å². The van der Waals surface area contributed by atoms with Crippen LogP contribution in [0.1, 0.15) is 420 Å². The van der Waals surface area contributed by atoms with Crippen LogP contribution >= 0.6 is 15.6 Å². The van der Waals surface area contributed by atoms with E-state index in [1.807, 2.05) is 0 Å². The zero-order valence-corrected chi connectivity index (χ0v) is 66.6. The summed E-state index contributed by atoms with van der Waals surface area (Å²) in [5.74, 6) is -0.655. The first kappa shape index (κ1) is 97.1. The van der Waals surface area contributed by atoms with Crippen LogP contribution < -0.4 is 0 Å². The quantitative estimate of drug-likeness (QED) is 0.0222. The third kappa shape index (κ3) is 74.1. The second-order valence-corrected chi connectivity index (χ2v) is 32.7. The maximum absolute atomic E-state index is 13.1. The molecule has 0 spiro atoms. The number of hydrogen-bond acceptors (Lipinski definition) is 15. The summed E-state index contributed by atoms with van der Waals surface area (Å²) in [6.07, 6.45) is 61.2. The van der Waals surface area contributed by atoms with E-state index < -0.39 is 97.5 Å². The Morgan fingerprint density at radius 2 is 0.465 bits per heavy atom. The lowest BCUT2D eigenvalue weighted by Gasteiger charge is -2.21. The van der Waals surface area contributed by atoms with Crippen molar-refractivity contribution in [3.05, 3.63) is 0 Å². The van der Waals surface area contributed by atoms with E-state index in [9.17, 15) is 43.2 Å². The van der Waals surface area contributed by atoms with Crippen LogP contribution in [0.4, 0.5) is 0 Å². The molecule has 0 saturated heterocycles. The molecule has 0 aromatic heterocycles. The van der Waals surface area contributed by atoms with Gasteiger partial charge in [-0.2, -0.15) is 0 Å². The molecule has 0 aromatic rings. The summed E-state index contributed by atoms with van der Waals surface area (Å²) in [4.78, 5) is 72.9. The molecule has 0 aliphatic rings. The van der Waals surface area contributed by atoms with Gasteiger partial charge in [-0.1, -0.05) is 369 Å². The Labute approximate surface area is 607 Å². The van der Waals surface area contributed by atoms with Gasteiger partial charge in [0.05, 0.1) is 26.4 Å². The van der Waals surface area contributed by atoms with Crippen LogP contribution in [0.25, 0.3) is 0 Å². The van der Waals surface area contributed by atoms with Crippen molar-refractivity contribution < 1.29 is 80.2 Å². The second-order valence-electron chi connectivity index (χ2n) is 29.8. The molecule has 2 unspecified atom stereocenters. The van der Waals surface area contributed by atoms with Gasteiger partial charge >= 0.3 is 39.5 Å². The lowest BCUT2D eigenvalue weighted by atomic mass is 10.0. The van der Waals surface area contributed by atoms with Crippen molar-refractivity contribution in [2.24, 2.45) is 11.8 Å². The van der Waals surface area contributed by atoms with Gasteiger partial charge in [0.1, 0.15) is 19.3 Å². The maximum atomic E-state index is 13.1. The van der Waals surface area contributed by atoms with E-state index in [4.69, 9.17) is 37.0 Å². The Morgan fingerprint density at radius 3 is 0.687 bits per heavy atom. The molecule has 99 heavy (non-hydrogen) atoms. The van der Waals surface area contributed by atoms with E-state index in [-0.39, 0.29) is 25.7 Å². The monoisotopic (exact) mass is 1450 g/mol. The number of hydrogen-bond donors (Lipinski definition) is 3. The SMILES string of the molecule is CCCCCCCCCCCCCCCCCCCCCC(=O)O[C@H](COC(=O)CCCCCCCCCCCCCCCCCC)COP(=O)(O)OC[C@@H](O)COP(=O)(O)OC[C@@H](COC(=O)CCCCCCCCC(C)C)OC(=O)CCCCCCCCCCCCCCC(C)C. The lowest BCUT2D eigenvalue weighted by Crippen LogP contribution is -2.30. The van der Waals surface area contributed by atoms with E-state index in [0.29, 0.717) is 31.6 Å². The highest BCUT2D eigenvalue weighted by Gasteiger charge is 2.30. The summed E-state index contributed by atoms with van der Waals surface area (Å²) >= 11 is 0. The molecule has 588 valence electrons. The second kappa shape index (κ2) is 71.7. The van der Waals surface area contributed by atoms with Crippen LogP contribution in [0.2, 0.25) is 0 Å². The number of carbonyl (C=O) groups is 4. The first-order chi connectivity index (χ1) is 47.9. The average molecular weight is 1450 g/mol. The number of ether oxygens (including phenoxy) is 4. The van der Waals surface area contributed by atoms with Crippen LogP contribution in [0.5, 0.6) is 0 Å². The highest BCUT2D eigenvalue weighted by atomic mass is 31.2. The Bertz CT molecular complexity index is 1910. The van der Waals surface area contributed by atoms with E-state index in [0.717, 1.165) is 102 Å². The van der Waals surface area contributed by atoms with Crippen LogP contribution in [0.15, 0.2) is 0 Å². The Balaban J connectivity index is 5.22. The summed E-state index contributed by atoms with van der Waals surface area (Å²) in [5, 5.41) is 10.6. The molecular formula is C80H156O17P2. The van der Waals surface area contributed by atoms with E-state index >= 15 is 0 Å². The molecule has 0 aromatic carbocycles. The molecule has 17 nitrogen and oxygen atoms in total. The predicted molar refractivity (Wildman–Crippen MR) is 405 cm³/mol. The minimum atomic E-state index is -4.96. The smallest absolute Gasteiger partial charge is 0.462 e. The van der Waals surface area contributed by atoms with Gasteiger partial charge in [-0.05, 0) is 37.5 Å². The van der Waals surface area contributed by atoms with Crippen molar-refractivity contribution in [3.63, 3.8) is 0 Å². The lowest BCUT2D eigenvalue weighted by molar-refractivity contribution is -0.161. The minimum absolute atomic E-state index is 0.106. The average Bonchev–Trinajstić information content (AvgIpc) is 1.01. The first-order valence-electron chi connectivity index (χ1n) is 41.5. The van der Waals surface area contributed by atoms with Crippen molar-refractivity contribution >= 4 is 39.5 Å². The Morgan fingerprint density at radius 1 is 0.273 bits per heavy atom. The standard InChI is InChI=1S/C80H156O17P2/c1-7-9-11-13-15-17-19-21-23-25-26-27-29-31-36-40-44-52-58-64-79(84)96-75(68-90-77(82)62-56-50-43-39-35-30-28-24-22-20-18-16-14-12-10-8-2)70-94-98(86,87)92-66-74(81)67-93-99(88,89)95-71-76(69-91-78(83)63-57-51-47-46-49-55-61-73(5)6)97-80(85)65-59-53-45-41-37-33-32-34-38-42-48-54-60-72(3)4/h72-76,81H,7-71H2,1-6H3,(H,86,87)(H,88,89)/t74-,75-,76-/m1/s1. The van der Waals surface area contributed by atoms with Gasteiger partial charge < -0.3 is 33.8 Å². The zero-order valence-electron chi connectivity index (χ0n) is 64.8. The van der Waals surface area contributed by atoms with E-state index in [1.165, 1.54) is 231 Å². The molecule has 0 saturated carbocycles. The van der Waals surface area contributed by atoms with Gasteiger partial charge in [0, 0.05) is 25.7 Å². The highest BCUT2D eigenvalue weighted by Crippen LogP contribution is 2.45. The molecule has 0 amide bonds. The molecule has 0 heterocycles. The number of esters is 4. The van der Waals surface area contributed by atoms with Gasteiger partial charge in [0.25, 0.3) is 0 Å². The molecule has 0 radical (unpaired) electrons. The van der Waals surface area contributed by atoms with Gasteiger partial charge in [-0.3, -0.25) is 37.3 Å². The normalized spacial score (nSPS) is 13.9. The topological polar surface area (TPSA) is 237 Å². The fourth-order valence-corrected chi connectivity index (χ4v) is 13.9. The molecule has 19 heteroatoms. The number of rotatable bonds is 79. The van der Waals surface area contributed by atoms with Crippen LogP contribution in [-0.2, 0) is 65.4 Å². The van der Waals surface area contributed by atoms with Gasteiger partial charge in [-0.15, -0.1) is 0 Å². The molecule has 3 N–H and O–H groups in total. The zero-order chi connectivity index (χ0) is 72.8. The number of aliphatic hydroxyl groups is 1. The fourth-order valence-electron chi connectivity index (χ4n) is 12.4. The van der Waals surface area contributed by atoms with Gasteiger partial charge in [0.15, 0.2) is 12.2 Å². The number of carbonyl (C=O) groups excluding carboxylic acids is 4. The number of phosphoric acid groups is 2. The van der Waals surface area contributed by atoms with Gasteiger partial charge in [-0.25, -0.2) is 9.13 Å².